The maximum Gasteiger partial charge on any atom is 0.223 e. The topological polar surface area (TPSA) is 43.5 Å². The van der Waals surface area contributed by atoms with Gasteiger partial charge in [0.05, 0.1) is 6.61 Å². The van der Waals surface area contributed by atoms with E-state index in [4.69, 9.17) is 18.9 Å². The van der Waals surface area contributed by atoms with Crippen LogP contribution in [-0.4, -0.2) is 32.2 Å². The van der Waals surface area contributed by atoms with E-state index in [-0.39, 0.29) is 12.4 Å². The van der Waals surface area contributed by atoms with Crippen molar-refractivity contribution in [3.63, 3.8) is 0 Å². The van der Waals surface area contributed by atoms with Crippen LogP contribution in [0.1, 0.15) is 18.1 Å². The van der Waals surface area contributed by atoms with Crippen LogP contribution in [0, 0.1) is 0 Å². The fourth-order valence-corrected chi connectivity index (χ4v) is 2.40. The van der Waals surface area contributed by atoms with Crippen LogP contribution in [-0.2, 0) is 9.47 Å². The molecule has 0 saturated carbocycles. The van der Waals surface area contributed by atoms with Crippen LogP contribution in [0.4, 0.5) is 0 Å². The Balaban J connectivity index is 1.39. The van der Waals surface area contributed by atoms with Gasteiger partial charge in [-0.25, -0.2) is 0 Å². The van der Waals surface area contributed by atoms with E-state index in [1.54, 1.807) is 0 Å². The van der Waals surface area contributed by atoms with Crippen molar-refractivity contribution in [3.8, 4) is 11.5 Å². The lowest BCUT2D eigenvalue weighted by molar-refractivity contribution is 0.179. The fourth-order valence-electron chi connectivity index (χ4n) is 2.40. The maximum atomic E-state index is 5.65. The molecule has 2 aliphatic heterocycles. The van der Waals surface area contributed by atoms with Gasteiger partial charge in [0.2, 0.25) is 6.29 Å². The van der Waals surface area contributed by atoms with Gasteiger partial charge in [-0.05, 0) is 47.9 Å². The number of rotatable bonds is 7. The molecule has 0 N–H and O–H groups in total. The standard InChI is InChI=1S/C20H20O4/c1-14(16-4-8-18(9-5-16)24-20-13-23-20)10-15-2-6-17(7-3-15)21-11-19-12-22-19/h2-10,19-20H,11-13H2,1H3. The first kappa shape index (κ1) is 15.2. The molecule has 2 fully saturated rings. The molecule has 0 amide bonds. The third-order valence-electron chi connectivity index (χ3n) is 3.98. The lowest BCUT2D eigenvalue weighted by Gasteiger charge is -2.06. The first-order valence-corrected chi connectivity index (χ1v) is 8.18. The van der Waals surface area contributed by atoms with Gasteiger partial charge in [-0.1, -0.05) is 30.3 Å². The van der Waals surface area contributed by atoms with Crippen molar-refractivity contribution >= 4 is 11.6 Å². The maximum absolute atomic E-state index is 5.65. The molecule has 2 unspecified atom stereocenters. The lowest BCUT2D eigenvalue weighted by atomic mass is 10.0. The van der Waals surface area contributed by atoms with Crippen LogP contribution in [0.5, 0.6) is 11.5 Å². The molecule has 0 radical (unpaired) electrons. The van der Waals surface area contributed by atoms with Gasteiger partial charge in [-0.3, -0.25) is 0 Å². The summed E-state index contributed by atoms with van der Waals surface area (Å²) in [6, 6.07) is 16.2. The van der Waals surface area contributed by atoms with Gasteiger partial charge in [0, 0.05) is 0 Å². The zero-order valence-corrected chi connectivity index (χ0v) is 13.6. The highest BCUT2D eigenvalue weighted by molar-refractivity contribution is 5.80. The van der Waals surface area contributed by atoms with Crippen molar-refractivity contribution in [1.29, 1.82) is 0 Å². The third kappa shape index (κ3) is 4.16. The molecule has 4 heteroatoms. The van der Waals surface area contributed by atoms with Crippen molar-refractivity contribution < 1.29 is 18.9 Å². The number of allylic oxidation sites excluding steroid dienone is 1. The highest BCUT2D eigenvalue weighted by atomic mass is 16.8. The van der Waals surface area contributed by atoms with E-state index in [0.29, 0.717) is 13.2 Å². The van der Waals surface area contributed by atoms with E-state index in [1.165, 1.54) is 11.1 Å². The number of hydrogen-bond donors (Lipinski definition) is 0. The normalized spacial score (nSPS) is 22.1. The summed E-state index contributed by atoms with van der Waals surface area (Å²) in [7, 11) is 0. The molecule has 0 aliphatic carbocycles. The minimum absolute atomic E-state index is 0.0558. The smallest absolute Gasteiger partial charge is 0.223 e. The second-order valence-electron chi connectivity index (χ2n) is 6.07. The van der Waals surface area contributed by atoms with Crippen molar-refractivity contribution in [3.05, 3.63) is 59.7 Å². The lowest BCUT2D eigenvalue weighted by Crippen LogP contribution is -2.03. The molecule has 2 saturated heterocycles. The van der Waals surface area contributed by atoms with E-state index >= 15 is 0 Å². The molecule has 24 heavy (non-hydrogen) atoms. The Morgan fingerprint density at radius 3 is 2.29 bits per heavy atom. The van der Waals surface area contributed by atoms with Crippen LogP contribution >= 0.6 is 0 Å². The number of hydrogen-bond acceptors (Lipinski definition) is 4. The quantitative estimate of drug-likeness (QED) is 0.574. The fraction of sp³-hybridized carbons (Fsp3) is 0.300. The molecule has 2 aromatic carbocycles. The average Bonchev–Trinajstić information content (AvgIpc) is 3.50. The van der Waals surface area contributed by atoms with Crippen molar-refractivity contribution in [2.75, 3.05) is 19.8 Å². The molecule has 2 aromatic rings. The van der Waals surface area contributed by atoms with Gasteiger partial charge in [0.25, 0.3) is 0 Å². The number of benzene rings is 2. The van der Waals surface area contributed by atoms with Crippen LogP contribution < -0.4 is 9.47 Å². The van der Waals surface area contributed by atoms with Crippen LogP contribution in [0.25, 0.3) is 11.6 Å². The average molecular weight is 324 g/mol. The molecule has 0 spiro atoms. The third-order valence-corrected chi connectivity index (χ3v) is 3.98. The second kappa shape index (κ2) is 6.67. The summed E-state index contributed by atoms with van der Waals surface area (Å²) in [5.74, 6) is 1.72. The van der Waals surface area contributed by atoms with Crippen LogP contribution in [0.15, 0.2) is 48.5 Å². The minimum atomic E-state index is -0.0558. The monoisotopic (exact) mass is 324 g/mol. The molecular weight excluding hydrogens is 304 g/mol. The van der Waals surface area contributed by atoms with Gasteiger partial charge in [-0.15, -0.1) is 0 Å². The summed E-state index contributed by atoms with van der Waals surface area (Å²) >= 11 is 0. The van der Waals surface area contributed by atoms with Crippen LogP contribution in [0.2, 0.25) is 0 Å². The number of epoxide rings is 2. The molecule has 2 heterocycles. The molecule has 0 aromatic heterocycles. The summed E-state index contributed by atoms with van der Waals surface area (Å²) in [5, 5.41) is 0. The molecule has 4 rings (SSSR count). The zero-order valence-electron chi connectivity index (χ0n) is 13.6. The van der Waals surface area contributed by atoms with E-state index in [9.17, 15) is 0 Å². The molecule has 0 bridgehead atoms. The summed E-state index contributed by atoms with van der Waals surface area (Å²) in [4.78, 5) is 0. The highest BCUT2D eigenvalue weighted by Crippen LogP contribution is 2.24. The zero-order chi connectivity index (χ0) is 16.4. The summed E-state index contributed by atoms with van der Waals surface area (Å²) in [5.41, 5.74) is 3.52. The van der Waals surface area contributed by atoms with E-state index < -0.39 is 0 Å². The van der Waals surface area contributed by atoms with E-state index in [2.05, 4.69) is 37.3 Å². The highest BCUT2D eigenvalue weighted by Gasteiger charge is 2.24. The van der Waals surface area contributed by atoms with Crippen LogP contribution in [0.3, 0.4) is 0 Å². The Hall–Kier alpha value is -2.30. The largest absolute Gasteiger partial charge is 0.491 e. The Morgan fingerprint density at radius 2 is 1.67 bits per heavy atom. The Bertz CT molecular complexity index is 710. The predicted octanol–water partition coefficient (Wildman–Crippen LogP) is 3.76. The van der Waals surface area contributed by atoms with E-state index in [0.717, 1.165) is 23.7 Å². The molecule has 4 nitrogen and oxygen atoms in total. The summed E-state index contributed by atoms with van der Waals surface area (Å²) in [6.45, 7) is 4.24. The predicted molar refractivity (Wildman–Crippen MR) is 92.0 cm³/mol. The Labute approximate surface area is 141 Å². The van der Waals surface area contributed by atoms with Gasteiger partial charge in [0.15, 0.2) is 0 Å². The molecule has 2 atom stereocenters. The second-order valence-corrected chi connectivity index (χ2v) is 6.07. The SMILES string of the molecule is CC(=Cc1ccc(OCC2CO2)cc1)c1ccc(OC2CO2)cc1. The van der Waals surface area contributed by atoms with E-state index in [1.807, 2.05) is 24.3 Å². The Kier molecular flexibility index (Phi) is 4.24. The molecule has 124 valence electrons. The van der Waals surface area contributed by atoms with Gasteiger partial charge < -0.3 is 18.9 Å². The summed E-state index contributed by atoms with van der Waals surface area (Å²) in [6.07, 6.45) is 2.39. The Morgan fingerprint density at radius 1 is 1.00 bits per heavy atom. The number of ether oxygens (including phenoxy) is 4. The van der Waals surface area contributed by atoms with Gasteiger partial charge >= 0.3 is 0 Å². The van der Waals surface area contributed by atoms with Gasteiger partial charge in [-0.2, -0.15) is 0 Å². The molecular formula is C20H20O4. The van der Waals surface area contributed by atoms with Crippen molar-refractivity contribution in [2.24, 2.45) is 0 Å². The van der Waals surface area contributed by atoms with Crippen molar-refractivity contribution in [1.82, 2.24) is 0 Å². The van der Waals surface area contributed by atoms with Gasteiger partial charge in [0.1, 0.15) is 30.8 Å². The molecule has 2 aliphatic rings. The summed E-state index contributed by atoms with van der Waals surface area (Å²) < 4.78 is 21.4. The first-order chi connectivity index (χ1) is 11.8. The van der Waals surface area contributed by atoms with Crippen molar-refractivity contribution in [2.45, 2.75) is 19.3 Å². The first-order valence-electron chi connectivity index (χ1n) is 8.18. The minimum Gasteiger partial charge on any atom is -0.491 e.